The van der Waals surface area contributed by atoms with Gasteiger partial charge in [-0.05, 0) is 43.0 Å². The number of phenolic OH excluding ortho intramolecular Hbond substituents is 1. The second-order valence-corrected chi connectivity index (χ2v) is 12.0. The molecule has 2 aromatic carbocycles. The number of hydrogen-bond acceptors (Lipinski definition) is 3. The van der Waals surface area contributed by atoms with Crippen LogP contribution in [-0.2, 0) is 20.8 Å². The standard InChI is InChI=1S/C26H35NO2.2ClH.Zr/c1-29-24-18-22(20-27-23-16-12-9-13-17-23)26(28)25(19-24)21-14-10-7-5-3-2-4-6-8-11-15-21;;;/h9,12-13,16-21,28H,2-8,10-11,14-15H2,1H3;2*1H;/q;;;+2/p-2. The van der Waals surface area contributed by atoms with Gasteiger partial charge in [-0.1, -0.05) is 76.0 Å². The summed E-state index contributed by atoms with van der Waals surface area (Å²) in [6.45, 7) is 0. The molecule has 3 rings (SSSR count). The molecule has 1 N–H and O–H groups in total. The molecular weight excluding hydrogens is 520 g/mol. The van der Waals surface area contributed by atoms with E-state index in [2.05, 4.69) is 4.99 Å². The number of nitrogens with zero attached hydrogens (tertiary/aromatic N) is 1. The summed E-state index contributed by atoms with van der Waals surface area (Å²) in [6.07, 6.45) is 15.9. The SMILES string of the molecule is COc1cc(C=Nc2ccccc2)c(O)c(C2CCCCCCCCCCC2)c1.[Cl][Zr][Cl]. The van der Waals surface area contributed by atoms with Gasteiger partial charge in [0.2, 0.25) is 0 Å². The Labute approximate surface area is 212 Å². The van der Waals surface area contributed by atoms with E-state index >= 15 is 0 Å². The number of aliphatic imine (C=N–C) groups is 1. The molecule has 0 saturated heterocycles. The summed E-state index contributed by atoms with van der Waals surface area (Å²) in [5.41, 5.74) is 2.63. The molecule has 0 bridgehead atoms. The molecule has 0 heterocycles. The van der Waals surface area contributed by atoms with E-state index in [4.69, 9.17) is 21.8 Å². The Morgan fingerprint density at radius 3 is 1.97 bits per heavy atom. The van der Waals surface area contributed by atoms with Crippen LogP contribution in [0.3, 0.4) is 0 Å². The van der Waals surface area contributed by atoms with Crippen molar-refractivity contribution in [1.29, 1.82) is 0 Å². The zero-order valence-electron chi connectivity index (χ0n) is 19.0. The molecule has 1 fully saturated rings. The third-order valence-corrected chi connectivity index (χ3v) is 6.03. The van der Waals surface area contributed by atoms with Gasteiger partial charge in [0.05, 0.1) is 12.8 Å². The Bertz CT molecular complexity index is 790. The van der Waals surface area contributed by atoms with E-state index in [1.165, 1.54) is 57.8 Å². The first-order valence-corrected chi connectivity index (χ1v) is 18.0. The van der Waals surface area contributed by atoms with E-state index in [0.717, 1.165) is 35.4 Å². The first kappa shape index (κ1) is 27.4. The van der Waals surface area contributed by atoms with Gasteiger partial charge < -0.3 is 9.84 Å². The Morgan fingerprint density at radius 1 is 0.906 bits per heavy atom. The first-order chi connectivity index (χ1) is 15.7. The van der Waals surface area contributed by atoms with Crippen molar-refractivity contribution in [3.63, 3.8) is 0 Å². The molecule has 174 valence electrons. The molecule has 0 atom stereocenters. The summed E-state index contributed by atoms with van der Waals surface area (Å²) >= 11 is -0.826. The zero-order chi connectivity index (χ0) is 23.0. The number of methoxy groups -OCH3 is 1. The van der Waals surface area contributed by atoms with Crippen LogP contribution in [0.15, 0.2) is 47.5 Å². The van der Waals surface area contributed by atoms with Crippen LogP contribution in [0.2, 0.25) is 0 Å². The average Bonchev–Trinajstić information content (AvgIpc) is 2.80. The van der Waals surface area contributed by atoms with E-state index in [-0.39, 0.29) is 0 Å². The summed E-state index contributed by atoms with van der Waals surface area (Å²) in [6, 6.07) is 13.7. The van der Waals surface area contributed by atoms with Crippen molar-refractivity contribution in [2.24, 2.45) is 4.99 Å². The Balaban J connectivity index is 0.00000114. The van der Waals surface area contributed by atoms with Crippen LogP contribution >= 0.6 is 17.0 Å². The van der Waals surface area contributed by atoms with E-state index < -0.39 is 20.8 Å². The number of aromatic hydroxyl groups is 1. The molecule has 1 aliphatic rings. The van der Waals surface area contributed by atoms with Crippen LogP contribution in [0.25, 0.3) is 0 Å². The minimum absolute atomic E-state index is 0.363. The second kappa shape index (κ2) is 16.7. The minimum atomic E-state index is -0.826. The van der Waals surface area contributed by atoms with Crippen LogP contribution < -0.4 is 4.74 Å². The van der Waals surface area contributed by atoms with Crippen molar-refractivity contribution in [3.8, 4) is 11.5 Å². The summed E-state index contributed by atoms with van der Waals surface area (Å²) in [5, 5.41) is 11.1. The molecule has 2 aromatic rings. The molecule has 6 heteroatoms. The van der Waals surface area contributed by atoms with Crippen molar-refractivity contribution in [2.45, 2.75) is 76.5 Å². The van der Waals surface area contributed by atoms with E-state index in [1.807, 2.05) is 42.5 Å². The zero-order valence-corrected chi connectivity index (χ0v) is 23.0. The third-order valence-electron chi connectivity index (χ3n) is 6.03. The second-order valence-electron chi connectivity index (χ2n) is 8.28. The number of para-hydroxylation sites is 1. The van der Waals surface area contributed by atoms with Crippen LogP contribution in [0.4, 0.5) is 5.69 Å². The van der Waals surface area contributed by atoms with Gasteiger partial charge in [-0.25, -0.2) is 0 Å². The number of halogens is 2. The van der Waals surface area contributed by atoms with E-state index in [1.54, 1.807) is 13.3 Å². The Morgan fingerprint density at radius 2 is 1.44 bits per heavy atom. The van der Waals surface area contributed by atoms with Crippen molar-refractivity contribution in [3.05, 3.63) is 53.6 Å². The van der Waals surface area contributed by atoms with Crippen LogP contribution in [0.5, 0.6) is 11.5 Å². The van der Waals surface area contributed by atoms with Gasteiger partial charge in [0.1, 0.15) is 11.5 Å². The molecule has 0 unspecified atom stereocenters. The topological polar surface area (TPSA) is 41.8 Å². The predicted molar refractivity (Wildman–Crippen MR) is 134 cm³/mol. The first-order valence-electron chi connectivity index (χ1n) is 11.7. The molecule has 1 aliphatic carbocycles. The van der Waals surface area contributed by atoms with Gasteiger partial charge in [0, 0.05) is 17.3 Å². The van der Waals surface area contributed by atoms with Gasteiger partial charge >= 0.3 is 37.9 Å². The van der Waals surface area contributed by atoms with Crippen LogP contribution in [0, 0.1) is 0 Å². The average molecular weight is 556 g/mol. The van der Waals surface area contributed by atoms with Crippen molar-refractivity contribution < 1.29 is 30.7 Å². The normalized spacial score (nSPS) is 16.3. The van der Waals surface area contributed by atoms with Crippen molar-refractivity contribution in [2.75, 3.05) is 7.11 Å². The van der Waals surface area contributed by atoms with Crippen LogP contribution in [-0.4, -0.2) is 18.4 Å². The molecular formula is C26H35Cl2NO2Zr. The molecule has 0 spiro atoms. The Kier molecular flexibility index (Phi) is 14.3. The fraction of sp³-hybridized carbons (Fsp3) is 0.500. The monoisotopic (exact) mass is 553 g/mol. The molecule has 0 radical (unpaired) electrons. The Hall–Kier alpha value is -0.827. The number of hydrogen-bond donors (Lipinski definition) is 1. The van der Waals surface area contributed by atoms with Gasteiger partial charge in [0.25, 0.3) is 0 Å². The maximum absolute atomic E-state index is 11.1. The number of phenols is 1. The summed E-state index contributed by atoms with van der Waals surface area (Å²) in [4.78, 5) is 4.54. The van der Waals surface area contributed by atoms with E-state index in [9.17, 15) is 5.11 Å². The van der Waals surface area contributed by atoms with Crippen molar-refractivity contribution in [1.82, 2.24) is 0 Å². The molecule has 0 aromatic heterocycles. The predicted octanol–water partition coefficient (Wildman–Crippen LogP) is 8.92. The van der Waals surface area contributed by atoms with Gasteiger partial charge in [0.15, 0.2) is 0 Å². The fourth-order valence-corrected chi connectivity index (χ4v) is 4.31. The maximum atomic E-state index is 11.1. The van der Waals surface area contributed by atoms with E-state index in [0.29, 0.717) is 11.7 Å². The summed E-state index contributed by atoms with van der Waals surface area (Å²) in [5.74, 6) is 1.54. The fourth-order valence-electron chi connectivity index (χ4n) is 4.31. The quantitative estimate of drug-likeness (QED) is 0.383. The van der Waals surface area contributed by atoms with Gasteiger partial charge in [-0.3, -0.25) is 4.99 Å². The van der Waals surface area contributed by atoms with Crippen LogP contribution in [0.1, 0.15) is 87.7 Å². The third kappa shape index (κ3) is 9.98. The molecule has 32 heavy (non-hydrogen) atoms. The molecule has 0 amide bonds. The number of benzene rings is 2. The molecule has 1 saturated carbocycles. The molecule has 3 nitrogen and oxygen atoms in total. The number of rotatable bonds is 4. The van der Waals surface area contributed by atoms with Gasteiger partial charge in [-0.2, -0.15) is 0 Å². The summed E-state index contributed by atoms with van der Waals surface area (Å²) in [7, 11) is 11.6. The summed E-state index contributed by atoms with van der Waals surface area (Å²) < 4.78 is 5.56. The number of ether oxygens (including phenoxy) is 1. The molecule has 0 aliphatic heterocycles. The van der Waals surface area contributed by atoms with Crippen molar-refractivity contribution >= 4 is 28.9 Å². The van der Waals surface area contributed by atoms with Gasteiger partial charge in [-0.15, -0.1) is 0 Å².